The highest BCUT2D eigenvalue weighted by Gasteiger charge is 2.25. The number of anilines is 2. The van der Waals surface area contributed by atoms with E-state index in [1.165, 1.54) is 25.0 Å². The summed E-state index contributed by atoms with van der Waals surface area (Å²) >= 11 is 0. The Kier molecular flexibility index (Phi) is 16.6. The lowest BCUT2D eigenvalue weighted by Gasteiger charge is -2.39. The van der Waals surface area contributed by atoms with Crippen LogP contribution in [-0.4, -0.2) is 32.8 Å². The van der Waals surface area contributed by atoms with E-state index in [0.717, 1.165) is 107 Å². The summed E-state index contributed by atoms with van der Waals surface area (Å²) in [5, 5.41) is 66.3. The molecule has 57 heavy (non-hydrogen) atoms. The lowest BCUT2D eigenvalue weighted by atomic mass is 10.1. The van der Waals surface area contributed by atoms with E-state index in [2.05, 4.69) is 44.3 Å². The van der Waals surface area contributed by atoms with Gasteiger partial charge in [0.25, 0.3) is 0 Å². The van der Waals surface area contributed by atoms with E-state index in [-0.39, 0.29) is 11.4 Å². The Morgan fingerprint density at radius 1 is 0.404 bits per heavy atom. The summed E-state index contributed by atoms with van der Waals surface area (Å²) in [4.78, 5) is 41.9. The van der Waals surface area contributed by atoms with Crippen LogP contribution < -0.4 is 10.0 Å². The number of hydrogen-bond acceptors (Lipinski definition) is 14. The zero-order valence-corrected chi connectivity index (χ0v) is 32.0. The molecule has 18 nitrogen and oxygen atoms in total. The zero-order valence-electron chi connectivity index (χ0n) is 32.0. The molecule has 18 heteroatoms. The molecule has 0 heterocycles. The quantitative estimate of drug-likeness (QED) is 0.0282. The van der Waals surface area contributed by atoms with Crippen molar-refractivity contribution in [2.24, 2.45) is 20.5 Å². The molecule has 0 aliphatic carbocycles. The van der Waals surface area contributed by atoms with Crippen molar-refractivity contribution in [3.63, 3.8) is 0 Å². The molecule has 0 aromatic heterocycles. The molecule has 0 saturated carbocycles. The molecule has 0 saturated heterocycles. The number of benzene rings is 4. The van der Waals surface area contributed by atoms with Crippen molar-refractivity contribution in [1.82, 2.24) is 0 Å². The topological polar surface area (TPSA) is 228 Å². The maximum absolute atomic E-state index is 11.4. The summed E-state index contributed by atoms with van der Waals surface area (Å²) in [6, 6.07) is 21.6. The average Bonchev–Trinajstić information content (AvgIpc) is 3.21. The van der Waals surface area contributed by atoms with Gasteiger partial charge in [-0.05, 0) is 73.5 Å². The monoisotopic (exact) mass is 782 g/mol. The normalized spacial score (nSPS) is 11.3. The molecule has 4 aromatic rings. The molecule has 4 rings (SSSR count). The van der Waals surface area contributed by atoms with E-state index in [0.29, 0.717) is 11.4 Å². The van der Waals surface area contributed by atoms with E-state index in [4.69, 9.17) is 0 Å². The van der Waals surface area contributed by atoms with E-state index in [1.54, 1.807) is 24.3 Å². The minimum absolute atomic E-state index is 0.104. The first kappa shape index (κ1) is 43.0. The zero-order chi connectivity index (χ0) is 41.2. The third kappa shape index (κ3) is 12.9. The van der Waals surface area contributed by atoms with Crippen molar-refractivity contribution >= 4 is 56.9 Å². The van der Waals surface area contributed by atoms with Gasteiger partial charge in [-0.3, -0.25) is 50.5 Å². The fraction of sp³-hybridized carbons (Fsp3) is 0.385. The van der Waals surface area contributed by atoms with Crippen LogP contribution in [0.15, 0.2) is 105 Å². The van der Waals surface area contributed by atoms with E-state index < -0.39 is 42.4 Å². The van der Waals surface area contributed by atoms with Gasteiger partial charge in [-0.25, -0.2) is 0 Å². The molecule has 0 N–H and O–H groups in total. The Balaban J connectivity index is 1.62. The van der Waals surface area contributed by atoms with Gasteiger partial charge in [0.05, 0.1) is 66.0 Å². The molecule has 0 fully saturated rings. The van der Waals surface area contributed by atoms with Crippen molar-refractivity contribution in [3.05, 3.63) is 125 Å². The average molecular weight is 783 g/mol. The van der Waals surface area contributed by atoms with Crippen LogP contribution in [0.3, 0.4) is 0 Å². The fourth-order valence-electron chi connectivity index (χ4n) is 6.05. The van der Waals surface area contributed by atoms with Crippen LogP contribution in [-0.2, 0) is 0 Å². The molecule has 0 unspecified atom stereocenters. The highest BCUT2D eigenvalue weighted by Crippen LogP contribution is 2.34. The highest BCUT2D eigenvalue weighted by atomic mass is 16.6. The standard InChI is InChI=1S/C39H46N10O8/c1-3-5-7-9-11-13-27-45(35-22-16-31(17-23-35)41-43-33-19-25-37(47(52)53)39(29-33)49(56)57)44(26-12-10-8-6-4-2)34-20-14-30(15-21-34)40-42-32-18-24-36(46(50)51)38(28-32)48(54)55/h14-25,28-29H,3-13,26-27H2,1-2H3. The van der Waals surface area contributed by atoms with Gasteiger partial charge < -0.3 is 0 Å². The van der Waals surface area contributed by atoms with Gasteiger partial charge in [-0.15, -0.1) is 0 Å². The van der Waals surface area contributed by atoms with Crippen LogP contribution in [0.4, 0.5) is 56.9 Å². The highest BCUT2D eigenvalue weighted by molar-refractivity contribution is 5.63. The Hall–Kier alpha value is -6.72. The number of nitrogens with zero attached hydrogens (tertiary/aromatic N) is 10. The molecular weight excluding hydrogens is 736 g/mol. The van der Waals surface area contributed by atoms with Crippen molar-refractivity contribution < 1.29 is 19.7 Å². The van der Waals surface area contributed by atoms with Gasteiger partial charge in [0.15, 0.2) is 0 Å². The van der Waals surface area contributed by atoms with Crippen molar-refractivity contribution in [3.8, 4) is 0 Å². The smallest absolute Gasteiger partial charge is 0.285 e. The summed E-state index contributed by atoms with van der Waals surface area (Å²) in [6.45, 7) is 5.82. The minimum atomic E-state index is -0.824. The summed E-state index contributed by atoms with van der Waals surface area (Å²) in [5.74, 6) is 0. The SMILES string of the molecule is CCCCCCCCN(c1ccc(N=Nc2ccc([N+](=O)[O-])c([N+](=O)[O-])c2)cc1)N(CCCCCCC)c1ccc(N=Nc2ccc([N+](=O)[O-])c([N+](=O)[O-])c2)cc1. The predicted molar refractivity (Wildman–Crippen MR) is 218 cm³/mol. The van der Waals surface area contributed by atoms with Gasteiger partial charge in [-0.1, -0.05) is 71.6 Å². The first-order chi connectivity index (χ1) is 27.5. The molecule has 0 spiro atoms. The lowest BCUT2D eigenvalue weighted by molar-refractivity contribution is -0.422. The molecular formula is C39H46N10O8. The van der Waals surface area contributed by atoms with Crippen molar-refractivity contribution in [2.45, 2.75) is 84.5 Å². The molecule has 0 aliphatic heterocycles. The third-order valence-corrected chi connectivity index (χ3v) is 9.05. The summed E-state index contributed by atoms with van der Waals surface area (Å²) in [5.41, 5.74) is 0.403. The molecule has 0 atom stereocenters. The second kappa shape index (κ2) is 22.0. The van der Waals surface area contributed by atoms with Crippen LogP contribution >= 0.6 is 0 Å². The van der Waals surface area contributed by atoms with Crippen LogP contribution in [0.5, 0.6) is 0 Å². The third-order valence-electron chi connectivity index (χ3n) is 9.05. The predicted octanol–water partition coefficient (Wildman–Crippen LogP) is 12.7. The summed E-state index contributed by atoms with van der Waals surface area (Å²) in [7, 11) is 0. The number of rotatable bonds is 24. The second-order valence-corrected chi connectivity index (χ2v) is 13.2. The van der Waals surface area contributed by atoms with Crippen molar-refractivity contribution in [1.29, 1.82) is 0 Å². The van der Waals surface area contributed by atoms with Gasteiger partial charge in [-0.2, -0.15) is 20.5 Å². The minimum Gasteiger partial charge on any atom is -0.285 e. The van der Waals surface area contributed by atoms with Crippen LogP contribution in [0.25, 0.3) is 0 Å². The van der Waals surface area contributed by atoms with Gasteiger partial charge in [0.2, 0.25) is 0 Å². The molecule has 0 amide bonds. The Labute approximate surface area is 329 Å². The Morgan fingerprint density at radius 3 is 1.04 bits per heavy atom. The van der Waals surface area contributed by atoms with Crippen molar-refractivity contribution in [2.75, 3.05) is 23.1 Å². The molecule has 4 aromatic carbocycles. The number of nitro benzene ring substituents is 4. The van der Waals surface area contributed by atoms with E-state index >= 15 is 0 Å². The Morgan fingerprint density at radius 2 is 0.702 bits per heavy atom. The number of hydrazine groups is 1. The van der Waals surface area contributed by atoms with Gasteiger partial charge in [0.1, 0.15) is 0 Å². The second-order valence-electron chi connectivity index (χ2n) is 13.2. The van der Waals surface area contributed by atoms with Gasteiger partial charge in [0, 0.05) is 25.2 Å². The number of hydrogen-bond donors (Lipinski definition) is 0. The molecule has 0 aliphatic rings. The summed E-state index contributed by atoms with van der Waals surface area (Å²) in [6.07, 6.45) is 12.1. The molecule has 300 valence electrons. The number of azo groups is 2. The van der Waals surface area contributed by atoms with Crippen LogP contribution in [0, 0.1) is 40.5 Å². The molecule has 0 bridgehead atoms. The summed E-state index contributed by atoms with van der Waals surface area (Å²) < 4.78 is 0. The molecule has 0 radical (unpaired) electrons. The first-order valence-electron chi connectivity index (χ1n) is 19.0. The number of nitro groups is 4. The lowest BCUT2D eigenvalue weighted by Crippen LogP contribution is -2.44. The van der Waals surface area contributed by atoms with Gasteiger partial charge >= 0.3 is 22.7 Å². The van der Waals surface area contributed by atoms with E-state index in [1.807, 2.05) is 24.3 Å². The fourth-order valence-corrected chi connectivity index (χ4v) is 6.05. The first-order valence-corrected chi connectivity index (χ1v) is 19.0. The number of unbranched alkanes of at least 4 members (excludes halogenated alkanes) is 9. The van der Waals surface area contributed by atoms with Crippen LogP contribution in [0.1, 0.15) is 84.5 Å². The van der Waals surface area contributed by atoms with E-state index in [9.17, 15) is 40.5 Å². The maximum atomic E-state index is 11.4. The maximum Gasteiger partial charge on any atom is 0.348 e. The van der Waals surface area contributed by atoms with Crippen LogP contribution in [0.2, 0.25) is 0 Å². The largest absolute Gasteiger partial charge is 0.348 e. The Bertz CT molecular complexity index is 2040.